The van der Waals surface area contributed by atoms with E-state index in [0.717, 1.165) is 66.6 Å². The number of fused-ring (bicyclic) bond motifs is 3. The second-order valence-electron chi connectivity index (χ2n) is 9.84. The lowest BCUT2D eigenvalue weighted by Crippen LogP contribution is -2.66. The van der Waals surface area contributed by atoms with Gasteiger partial charge in [-0.25, -0.2) is 0 Å². The Morgan fingerprint density at radius 2 is 1.21 bits per heavy atom. The van der Waals surface area contributed by atoms with Gasteiger partial charge in [0.05, 0.1) is 19.6 Å². The molecule has 0 spiro atoms. The van der Waals surface area contributed by atoms with Crippen molar-refractivity contribution in [3.63, 3.8) is 0 Å². The minimum absolute atomic E-state index is 0.191. The second kappa shape index (κ2) is 8.43. The molecule has 0 aliphatic carbocycles. The zero-order valence-electron chi connectivity index (χ0n) is 19.0. The van der Waals surface area contributed by atoms with E-state index in [1.807, 2.05) is 60.7 Å². The third-order valence-corrected chi connectivity index (χ3v) is 8.02. The fourth-order valence-electron chi connectivity index (χ4n) is 6.17. The first-order chi connectivity index (χ1) is 16.2. The molecule has 3 heterocycles. The van der Waals surface area contributed by atoms with Gasteiger partial charge in [0.1, 0.15) is 17.9 Å². The molecule has 2 bridgehead atoms. The molecule has 3 saturated heterocycles. The summed E-state index contributed by atoms with van der Waals surface area (Å²) in [5, 5.41) is 12.4. The van der Waals surface area contributed by atoms with Gasteiger partial charge < -0.3 is 14.3 Å². The van der Waals surface area contributed by atoms with E-state index in [0.29, 0.717) is 0 Å². The molecule has 0 amide bonds. The summed E-state index contributed by atoms with van der Waals surface area (Å²) in [6.07, 6.45) is -2.01. The quantitative estimate of drug-likeness (QED) is 0.448. The van der Waals surface area contributed by atoms with Crippen molar-refractivity contribution in [2.45, 2.75) is 37.8 Å². The van der Waals surface area contributed by atoms with Crippen LogP contribution in [0, 0.1) is 5.41 Å². The van der Waals surface area contributed by atoms with Gasteiger partial charge in [0, 0.05) is 30.2 Å². The number of piperidine rings is 3. The molecule has 6 rings (SSSR count). The summed E-state index contributed by atoms with van der Waals surface area (Å²) in [5.74, 6) is -0.191. The Morgan fingerprint density at radius 3 is 1.65 bits per heavy atom. The van der Waals surface area contributed by atoms with E-state index >= 15 is 0 Å². The van der Waals surface area contributed by atoms with E-state index in [4.69, 9.17) is 0 Å². The lowest BCUT2D eigenvalue weighted by molar-refractivity contribution is -0.958. The Balaban J connectivity index is 1.38. The predicted octanol–water partition coefficient (Wildman–Crippen LogP) is 6.02. The van der Waals surface area contributed by atoms with Gasteiger partial charge in [0.2, 0.25) is 0 Å². The summed E-state index contributed by atoms with van der Waals surface area (Å²) in [5.41, 5.74) is 1.56. The van der Waals surface area contributed by atoms with E-state index in [1.165, 1.54) is 12.1 Å². The van der Waals surface area contributed by atoms with Crippen LogP contribution in [0.1, 0.15) is 36.0 Å². The van der Waals surface area contributed by atoms with Crippen LogP contribution in [-0.4, -0.2) is 35.6 Å². The van der Waals surface area contributed by atoms with E-state index in [1.54, 1.807) is 12.1 Å². The molecule has 34 heavy (non-hydrogen) atoms. The minimum Gasteiger partial charge on any atom is -0.406 e. The molecule has 3 nitrogen and oxygen atoms in total. The van der Waals surface area contributed by atoms with E-state index in [2.05, 4.69) is 4.74 Å². The first kappa shape index (κ1) is 22.9. The minimum atomic E-state index is -4.68. The van der Waals surface area contributed by atoms with Gasteiger partial charge in [-0.1, -0.05) is 60.7 Å². The van der Waals surface area contributed by atoms with Crippen molar-refractivity contribution in [1.29, 1.82) is 0 Å². The molecule has 0 radical (unpaired) electrons. The summed E-state index contributed by atoms with van der Waals surface area (Å²) >= 11 is 0. The van der Waals surface area contributed by atoms with Crippen LogP contribution in [-0.2, 0) is 12.1 Å². The SMILES string of the molecule is OC(c1ccccc1)(c1ccccc1)C12CC[N+](Cc3ccc(OC(F)(F)F)cc3)(CC1)CC2. The molecule has 3 aliphatic heterocycles. The lowest BCUT2D eigenvalue weighted by Gasteiger charge is -2.60. The number of quaternary nitrogens is 1. The van der Waals surface area contributed by atoms with Crippen LogP contribution in [0.4, 0.5) is 13.2 Å². The number of benzene rings is 3. The molecule has 3 fully saturated rings. The molecule has 0 aromatic heterocycles. The highest BCUT2D eigenvalue weighted by Crippen LogP contribution is 2.57. The normalized spacial score (nSPS) is 24.7. The van der Waals surface area contributed by atoms with Crippen molar-refractivity contribution in [1.82, 2.24) is 0 Å². The predicted molar refractivity (Wildman–Crippen MR) is 124 cm³/mol. The number of rotatable bonds is 6. The largest absolute Gasteiger partial charge is 0.573 e. The maximum atomic E-state index is 12.5. The van der Waals surface area contributed by atoms with Gasteiger partial charge in [-0.05, 0) is 35.4 Å². The van der Waals surface area contributed by atoms with Crippen molar-refractivity contribution in [2.75, 3.05) is 19.6 Å². The molecule has 3 aromatic carbocycles. The Labute approximate surface area is 198 Å². The molecule has 178 valence electrons. The van der Waals surface area contributed by atoms with Gasteiger partial charge in [-0.2, -0.15) is 0 Å². The average molecular weight is 469 g/mol. The highest BCUT2D eigenvalue weighted by atomic mass is 19.4. The Kier molecular flexibility index (Phi) is 5.69. The Hall–Kier alpha value is -2.83. The topological polar surface area (TPSA) is 29.5 Å². The first-order valence-electron chi connectivity index (χ1n) is 11.8. The van der Waals surface area contributed by atoms with Crippen LogP contribution in [0.2, 0.25) is 0 Å². The van der Waals surface area contributed by atoms with Crippen molar-refractivity contribution < 1.29 is 27.5 Å². The monoisotopic (exact) mass is 468 g/mol. The molecular formula is C28H29F3NO2+. The third kappa shape index (κ3) is 4.10. The van der Waals surface area contributed by atoms with E-state index < -0.39 is 12.0 Å². The van der Waals surface area contributed by atoms with Crippen molar-refractivity contribution in [2.24, 2.45) is 5.41 Å². The summed E-state index contributed by atoms with van der Waals surface area (Å²) < 4.78 is 42.3. The molecule has 3 aromatic rings. The van der Waals surface area contributed by atoms with Gasteiger partial charge in [0.15, 0.2) is 0 Å². The maximum Gasteiger partial charge on any atom is 0.573 e. The first-order valence-corrected chi connectivity index (χ1v) is 11.8. The number of aliphatic hydroxyl groups is 1. The number of alkyl halides is 3. The zero-order valence-corrected chi connectivity index (χ0v) is 19.0. The third-order valence-electron chi connectivity index (χ3n) is 8.02. The lowest BCUT2D eigenvalue weighted by atomic mass is 9.56. The van der Waals surface area contributed by atoms with Crippen LogP contribution >= 0.6 is 0 Å². The van der Waals surface area contributed by atoms with Crippen molar-refractivity contribution in [3.8, 4) is 5.75 Å². The average Bonchev–Trinajstić information content (AvgIpc) is 2.86. The van der Waals surface area contributed by atoms with Crippen molar-refractivity contribution in [3.05, 3.63) is 102 Å². The van der Waals surface area contributed by atoms with Gasteiger partial charge in [-0.15, -0.1) is 13.2 Å². The molecule has 3 aliphatic rings. The zero-order chi connectivity index (χ0) is 23.9. The Morgan fingerprint density at radius 1 is 0.735 bits per heavy atom. The van der Waals surface area contributed by atoms with Gasteiger partial charge in [0.25, 0.3) is 0 Å². The number of halogens is 3. The molecule has 0 atom stereocenters. The fraction of sp³-hybridized carbons (Fsp3) is 0.357. The highest BCUT2D eigenvalue weighted by molar-refractivity contribution is 5.39. The van der Waals surface area contributed by atoms with Crippen LogP contribution in [0.25, 0.3) is 0 Å². The maximum absolute atomic E-state index is 12.5. The molecule has 0 saturated carbocycles. The van der Waals surface area contributed by atoms with Crippen LogP contribution in [0.15, 0.2) is 84.9 Å². The van der Waals surface area contributed by atoms with Crippen LogP contribution < -0.4 is 4.74 Å². The smallest absolute Gasteiger partial charge is 0.406 e. The standard InChI is InChI=1S/C28H29F3NO2/c29-28(30,31)34-25-13-11-22(12-14-25)21-32-18-15-26(16-19-32,17-20-32)27(33,23-7-3-1-4-8-23)24-9-5-2-6-10-24/h1-14,33H,15-21H2/q+1. The molecule has 1 N–H and O–H groups in total. The van der Waals surface area contributed by atoms with Gasteiger partial charge >= 0.3 is 6.36 Å². The van der Waals surface area contributed by atoms with Crippen LogP contribution in [0.5, 0.6) is 5.75 Å². The second-order valence-corrected chi connectivity index (χ2v) is 9.84. The fourth-order valence-corrected chi connectivity index (χ4v) is 6.17. The van der Waals surface area contributed by atoms with E-state index in [-0.39, 0.29) is 11.2 Å². The van der Waals surface area contributed by atoms with Crippen LogP contribution in [0.3, 0.4) is 0 Å². The summed E-state index contributed by atoms with van der Waals surface area (Å²) in [4.78, 5) is 0. The summed E-state index contributed by atoms with van der Waals surface area (Å²) in [7, 11) is 0. The number of hydrogen-bond donors (Lipinski definition) is 1. The molecular weight excluding hydrogens is 439 g/mol. The highest BCUT2D eigenvalue weighted by Gasteiger charge is 2.60. The number of hydrogen-bond acceptors (Lipinski definition) is 2. The number of ether oxygens (including phenoxy) is 1. The van der Waals surface area contributed by atoms with Crippen molar-refractivity contribution >= 4 is 0 Å². The summed E-state index contributed by atoms with van der Waals surface area (Å²) in [6.45, 7) is 3.58. The Bertz CT molecular complexity index is 1050. The number of nitrogens with zero attached hydrogens (tertiary/aromatic N) is 1. The molecule has 6 heteroatoms. The van der Waals surface area contributed by atoms with E-state index in [9.17, 15) is 18.3 Å². The van der Waals surface area contributed by atoms with Gasteiger partial charge in [-0.3, -0.25) is 0 Å². The summed E-state index contributed by atoms with van der Waals surface area (Å²) in [6, 6.07) is 26.2. The molecule has 0 unspecified atom stereocenters.